The van der Waals surface area contributed by atoms with E-state index in [1.165, 1.54) is 0 Å². The van der Waals surface area contributed by atoms with Crippen molar-refractivity contribution in [2.45, 2.75) is 45.4 Å². The van der Waals surface area contributed by atoms with Crippen LogP contribution in [0.3, 0.4) is 0 Å². The van der Waals surface area contributed by atoms with Gasteiger partial charge in [-0.05, 0) is 12.8 Å². The highest BCUT2D eigenvalue weighted by Crippen LogP contribution is 2.12. The third kappa shape index (κ3) is 9.85. The van der Waals surface area contributed by atoms with Gasteiger partial charge in [-0.15, -0.1) is 24.7 Å². The molecule has 5 nitrogen and oxygen atoms in total. The number of rotatable bonds is 11. The monoisotopic (exact) mass is 305 g/mol. The van der Waals surface area contributed by atoms with Crippen molar-refractivity contribution >= 4 is 11.8 Å². The molecule has 0 aliphatic heterocycles. The van der Waals surface area contributed by atoms with E-state index in [0.29, 0.717) is 58.2 Å². The van der Waals surface area contributed by atoms with Gasteiger partial charge < -0.3 is 16.4 Å². The SMILES string of the molecule is C#CCCCC(=O)NCC(C)(CN)CNC(=O)CCCC#C. The Morgan fingerprint density at radius 1 is 1.00 bits per heavy atom. The fraction of sp³-hybridized carbons (Fsp3) is 0.647. The smallest absolute Gasteiger partial charge is 0.220 e. The maximum atomic E-state index is 11.7. The molecule has 22 heavy (non-hydrogen) atoms. The second-order valence-corrected chi connectivity index (χ2v) is 5.68. The Morgan fingerprint density at radius 3 is 1.73 bits per heavy atom. The molecule has 0 aromatic heterocycles. The minimum Gasteiger partial charge on any atom is -0.355 e. The van der Waals surface area contributed by atoms with Crippen LogP contribution in [-0.4, -0.2) is 31.4 Å². The van der Waals surface area contributed by atoms with E-state index in [1.54, 1.807) is 0 Å². The number of nitrogens with one attached hydrogen (secondary N) is 2. The summed E-state index contributed by atoms with van der Waals surface area (Å²) in [4.78, 5) is 23.3. The number of nitrogens with two attached hydrogens (primary N) is 1. The largest absolute Gasteiger partial charge is 0.355 e. The van der Waals surface area contributed by atoms with Crippen LogP contribution < -0.4 is 16.4 Å². The molecule has 0 aromatic carbocycles. The minimum absolute atomic E-state index is 0.0460. The van der Waals surface area contributed by atoms with Crippen LogP contribution >= 0.6 is 0 Å². The molecule has 0 aliphatic carbocycles. The second kappa shape index (κ2) is 11.7. The molecular formula is C17H27N3O2. The van der Waals surface area contributed by atoms with Gasteiger partial charge >= 0.3 is 0 Å². The van der Waals surface area contributed by atoms with Crippen LogP contribution in [-0.2, 0) is 9.59 Å². The highest BCUT2D eigenvalue weighted by Gasteiger charge is 2.24. The highest BCUT2D eigenvalue weighted by molar-refractivity contribution is 5.76. The summed E-state index contributed by atoms with van der Waals surface area (Å²) in [6.45, 7) is 3.13. The van der Waals surface area contributed by atoms with Crippen LogP contribution in [0.2, 0.25) is 0 Å². The van der Waals surface area contributed by atoms with Gasteiger partial charge in [0.2, 0.25) is 11.8 Å². The Bertz CT molecular complexity index is 396. The summed E-state index contributed by atoms with van der Waals surface area (Å²) in [6.07, 6.45) is 13.6. The predicted molar refractivity (Wildman–Crippen MR) is 88.5 cm³/mol. The normalized spacial score (nSPS) is 10.4. The molecule has 122 valence electrons. The zero-order valence-electron chi connectivity index (χ0n) is 13.4. The van der Waals surface area contributed by atoms with Crippen molar-refractivity contribution in [2.75, 3.05) is 19.6 Å². The number of amides is 2. The molecule has 0 spiro atoms. The van der Waals surface area contributed by atoms with Gasteiger partial charge in [0.05, 0.1) is 0 Å². The quantitative estimate of drug-likeness (QED) is 0.390. The van der Waals surface area contributed by atoms with E-state index in [1.807, 2.05) is 6.92 Å². The number of terminal acetylenes is 2. The van der Waals surface area contributed by atoms with Gasteiger partial charge in [-0.25, -0.2) is 0 Å². The molecule has 4 N–H and O–H groups in total. The Morgan fingerprint density at radius 2 is 1.41 bits per heavy atom. The number of carbonyl (C=O) groups is 2. The molecule has 0 radical (unpaired) electrons. The molecule has 0 heterocycles. The summed E-state index contributed by atoms with van der Waals surface area (Å²) in [5.74, 6) is 4.91. The lowest BCUT2D eigenvalue weighted by molar-refractivity contribution is -0.121. The van der Waals surface area contributed by atoms with E-state index in [2.05, 4.69) is 22.5 Å². The Balaban J connectivity index is 4.08. The second-order valence-electron chi connectivity index (χ2n) is 5.68. The number of hydrogen-bond donors (Lipinski definition) is 3. The molecule has 0 bridgehead atoms. The van der Waals surface area contributed by atoms with Gasteiger partial charge in [0.15, 0.2) is 0 Å². The third-order valence-corrected chi connectivity index (χ3v) is 3.37. The summed E-state index contributed by atoms with van der Waals surface area (Å²) in [5.41, 5.74) is 5.40. The number of hydrogen-bond acceptors (Lipinski definition) is 3. The molecule has 5 heteroatoms. The summed E-state index contributed by atoms with van der Waals surface area (Å²) in [5, 5.41) is 5.69. The first kappa shape index (κ1) is 20.0. The van der Waals surface area contributed by atoms with Crippen molar-refractivity contribution in [1.29, 1.82) is 0 Å². The molecule has 0 aromatic rings. The van der Waals surface area contributed by atoms with E-state index in [9.17, 15) is 9.59 Å². The van der Waals surface area contributed by atoms with Gasteiger partial charge in [0.25, 0.3) is 0 Å². The van der Waals surface area contributed by atoms with Crippen LogP contribution in [0, 0.1) is 30.1 Å². The molecule has 0 aliphatic rings. The first-order valence-corrected chi connectivity index (χ1v) is 7.58. The Kier molecular flexibility index (Phi) is 10.6. The van der Waals surface area contributed by atoms with Crippen LogP contribution in [0.15, 0.2) is 0 Å². The van der Waals surface area contributed by atoms with Gasteiger partial charge in [0.1, 0.15) is 0 Å². The fourth-order valence-corrected chi connectivity index (χ4v) is 1.71. The van der Waals surface area contributed by atoms with E-state index >= 15 is 0 Å². The summed E-state index contributed by atoms with van der Waals surface area (Å²) < 4.78 is 0. The van der Waals surface area contributed by atoms with Crippen LogP contribution in [0.1, 0.15) is 45.4 Å². The molecule has 0 rings (SSSR count). The number of carbonyl (C=O) groups excluding carboxylic acids is 2. The lowest BCUT2D eigenvalue weighted by atomic mass is 9.90. The zero-order valence-corrected chi connectivity index (χ0v) is 13.4. The molecule has 0 unspecified atom stereocenters. The van der Waals surface area contributed by atoms with E-state index < -0.39 is 0 Å². The average Bonchev–Trinajstić information content (AvgIpc) is 2.51. The van der Waals surface area contributed by atoms with E-state index in [-0.39, 0.29) is 17.2 Å². The molecule has 0 atom stereocenters. The predicted octanol–water partition coefficient (Wildman–Crippen LogP) is 0.791. The first-order valence-electron chi connectivity index (χ1n) is 7.58. The van der Waals surface area contributed by atoms with Crippen molar-refractivity contribution in [2.24, 2.45) is 11.1 Å². The van der Waals surface area contributed by atoms with E-state index in [0.717, 1.165) is 0 Å². The van der Waals surface area contributed by atoms with Crippen molar-refractivity contribution in [3.8, 4) is 24.7 Å². The van der Waals surface area contributed by atoms with Gasteiger partial charge in [0, 0.05) is 50.7 Å². The third-order valence-electron chi connectivity index (χ3n) is 3.37. The van der Waals surface area contributed by atoms with Crippen molar-refractivity contribution in [3.63, 3.8) is 0 Å². The van der Waals surface area contributed by atoms with Gasteiger partial charge in [-0.3, -0.25) is 9.59 Å². The molecule has 0 saturated heterocycles. The maximum absolute atomic E-state index is 11.7. The van der Waals surface area contributed by atoms with Crippen molar-refractivity contribution in [1.82, 2.24) is 10.6 Å². The molecule has 0 saturated carbocycles. The minimum atomic E-state index is -0.371. The van der Waals surface area contributed by atoms with E-state index in [4.69, 9.17) is 18.6 Å². The summed E-state index contributed by atoms with van der Waals surface area (Å²) >= 11 is 0. The average molecular weight is 305 g/mol. The first-order chi connectivity index (χ1) is 10.5. The van der Waals surface area contributed by atoms with Gasteiger partial charge in [-0.2, -0.15) is 0 Å². The zero-order chi connectivity index (χ0) is 16.8. The lowest BCUT2D eigenvalue weighted by Gasteiger charge is -2.28. The van der Waals surface area contributed by atoms with Gasteiger partial charge in [-0.1, -0.05) is 6.92 Å². The van der Waals surface area contributed by atoms with Crippen molar-refractivity contribution in [3.05, 3.63) is 0 Å². The summed E-state index contributed by atoms with van der Waals surface area (Å²) in [6, 6.07) is 0. The Hall–Kier alpha value is -1.98. The van der Waals surface area contributed by atoms with Crippen LogP contribution in [0.4, 0.5) is 0 Å². The topological polar surface area (TPSA) is 84.2 Å². The van der Waals surface area contributed by atoms with Crippen LogP contribution in [0.5, 0.6) is 0 Å². The molecule has 0 fully saturated rings. The highest BCUT2D eigenvalue weighted by atomic mass is 16.2. The maximum Gasteiger partial charge on any atom is 0.220 e. The standard InChI is InChI=1S/C17H27N3O2/c1-4-6-8-10-15(21)19-13-17(3,12-18)14-20-16(22)11-9-7-5-2/h1-2H,6-14,18H2,3H3,(H,19,21)(H,20,22). The van der Waals surface area contributed by atoms with Crippen LogP contribution in [0.25, 0.3) is 0 Å². The van der Waals surface area contributed by atoms with Crippen molar-refractivity contribution < 1.29 is 9.59 Å². The summed E-state index contributed by atoms with van der Waals surface area (Å²) in [7, 11) is 0. The Labute approximate surface area is 133 Å². The molecular weight excluding hydrogens is 278 g/mol. The fourth-order valence-electron chi connectivity index (χ4n) is 1.71. The lowest BCUT2D eigenvalue weighted by Crippen LogP contribution is -2.47. The number of unbranched alkanes of at least 4 members (excludes halogenated alkanes) is 2. The molecule has 2 amide bonds.